The minimum atomic E-state index is -4.26. The highest BCUT2D eigenvalue weighted by atomic mass is 19.4. The Hall–Kier alpha value is -1.79. The van der Waals surface area contributed by atoms with E-state index in [1.54, 1.807) is 6.92 Å². The van der Waals surface area contributed by atoms with E-state index in [-0.39, 0.29) is 5.69 Å². The predicted molar refractivity (Wildman–Crippen MR) is 61.6 cm³/mol. The maximum absolute atomic E-state index is 12.2. The molecule has 0 aliphatic carbocycles. The van der Waals surface area contributed by atoms with Gasteiger partial charge in [-0.05, 0) is 19.4 Å². The van der Waals surface area contributed by atoms with E-state index in [4.69, 9.17) is 0 Å². The second-order valence-electron chi connectivity index (χ2n) is 4.12. The monoisotopic (exact) mass is 262 g/mol. The summed E-state index contributed by atoms with van der Waals surface area (Å²) in [5.74, 6) is 0. The van der Waals surface area contributed by atoms with Crippen LogP contribution >= 0.6 is 0 Å². The number of non-ortho nitro benzene ring substituents is 1. The Morgan fingerprint density at radius 2 is 2.06 bits per heavy atom. The van der Waals surface area contributed by atoms with E-state index in [0.29, 0.717) is 11.3 Å². The molecule has 0 aliphatic heterocycles. The number of hydrogen-bond donors (Lipinski definition) is 1. The number of rotatable bonds is 4. The van der Waals surface area contributed by atoms with Gasteiger partial charge in [0.05, 0.1) is 11.3 Å². The van der Waals surface area contributed by atoms with Gasteiger partial charge >= 0.3 is 6.18 Å². The molecule has 0 bridgehead atoms. The Morgan fingerprint density at radius 3 is 2.56 bits per heavy atom. The number of aryl methyl sites for hydroxylation is 1. The number of halogens is 3. The number of alkyl halides is 3. The third-order valence-corrected chi connectivity index (χ3v) is 2.37. The number of benzene rings is 1. The molecule has 7 heteroatoms. The van der Waals surface area contributed by atoms with Crippen molar-refractivity contribution in [2.24, 2.45) is 0 Å². The van der Waals surface area contributed by atoms with Crippen LogP contribution < -0.4 is 5.32 Å². The molecule has 0 fully saturated rings. The van der Waals surface area contributed by atoms with Crippen LogP contribution in [-0.4, -0.2) is 17.1 Å². The highest BCUT2D eigenvalue weighted by Crippen LogP contribution is 2.26. The van der Waals surface area contributed by atoms with E-state index in [0.717, 1.165) is 0 Å². The summed E-state index contributed by atoms with van der Waals surface area (Å²) in [5.41, 5.74) is 0.859. The Bertz CT molecular complexity index is 446. The van der Waals surface area contributed by atoms with Crippen LogP contribution in [0.3, 0.4) is 0 Å². The highest BCUT2D eigenvalue weighted by Gasteiger charge is 2.30. The van der Waals surface area contributed by atoms with Crippen LogP contribution in [0.5, 0.6) is 0 Å². The van der Waals surface area contributed by atoms with Gasteiger partial charge in [-0.25, -0.2) is 0 Å². The van der Waals surface area contributed by atoms with Crippen LogP contribution in [0, 0.1) is 17.0 Å². The molecule has 1 atom stereocenters. The van der Waals surface area contributed by atoms with Crippen molar-refractivity contribution in [2.75, 3.05) is 5.32 Å². The summed E-state index contributed by atoms with van der Waals surface area (Å²) in [6, 6.07) is 3.21. The fraction of sp³-hybridized carbons (Fsp3) is 0.455. The second-order valence-corrected chi connectivity index (χ2v) is 4.12. The summed E-state index contributed by atoms with van der Waals surface area (Å²) in [7, 11) is 0. The fourth-order valence-electron chi connectivity index (χ4n) is 1.54. The topological polar surface area (TPSA) is 55.2 Å². The lowest BCUT2D eigenvalue weighted by atomic mass is 10.1. The summed E-state index contributed by atoms with van der Waals surface area (Å²) in [6.45, 7) is 3.05. The first-order chi connectivity index (χ1) is 8.19. The molecule has 1 aromatic rings. The van der Waals surface area contributed by atoms with Crippen molar-refractivity contribution >= 4 is 11.4 Å². The lowest BCUT2D eigenvalue weighted by molar-refractivity contribution is -0.384. The van der Waals surface area contributed by atoms with E-state index >= 15 is 0 Å². The van der Waals surface area contributed by atoms with Crippen LogP contribution in [0.2, 0.25) is 0 Å². The predicted octanol–water partition coefficient (Wildman–Crippen LogP) is 3.66. The van der Waals surface area contributed by atoms with Crippen LogP contribution in [0.1, 0.15) is 18.9 Å². The molecule has 1 aromatic carbocycles. The molecule has 1 rings (SSSR count). The van der Waals surface area contributed by atoms with Crippen molar-refractivity contribution in [1.82, 2.24) is 0 Å². The van der Waals surface area contributed by atoms with Gasteiger partial charge in [-0.1, -0.05) is 6.07 Å². The molecule has 18 heavy (non-hydrogen) atoms. The zero-order valence-corrected chi connectivity index (χ0v) is 9.91. The van der Waals surface area contributed by atoms with Crippen LogP contribution in [-0.2, 0) is 0 Å². The van der Waals surface area contributed by atoms with Crippen molar-refractivity contribution in [2.45, 2.75) is 32.5 Å². The molecule has 0 aliphatic rings. The number of nitrogens with zero attached hydrogens (tertiary/aromatic N) is 1. The quantitative estimate of drug-likeness (QED) is 0.665. The van der Waals surface area contributed by atoms with Crippen LogP contribution in [0.4, 0.5) is 24.5 Å². The molecule has 0 radical (unpaired) electrons. The van der Waals surface area contributed by atoms with E-state index in [2.05, 4.69) is 5.32 Å². The Kier molecular flexibility index (Phi) is 4.15. The third kappa shape index (κ3) is 4.23. The van der Waals surface area contributed by atoms with Gasteiger partial charge in [0.1, 0.15) is 0 Å². The Morgan fingerprint density at radius 1 is 1.44 bits per heavy atom. The minimum absolute atomic E-state index is 0.151. The van der Waals surface area contributed by atoms with E-state index in [9.17, 15) is 23.3 Å². The summed E-state index contributed by atoms with van der Waals surface area (Å²) >= 11 is 0. The number of nitro groups is 1. The van der Waals surface area contributed by atoms with Crippen molar-refractivity contribution < 1.29 is 18.1 Å². The molecule has 0 heterocycles. The maximum Gasteiger partial charge on any atom is 0.391 e. The lowest BCUT2D eigenvalue weighted by Crippen LogP contribution is -2.24. The maximum atomic E-state index is 12.2. The van der Waals surface area contributed by atoms with Gasteiger partial charge in [0.2, 0.25) is 0 Å². The van der Waals surface area contributed by atoms with Gasteiger partial charge in [-0.3, -0.25) is 10.1 Å². The number of nitrogens with one attached hydrogen (secondary N) is 1. The SMILES string of the molecule is Cc1ccc([N+](=O)[O-])cc1NC(C)CC(F)(F)F. The zero-order chi connectivity index (χ0) is 13.9. The Labute approximate surface area is 102 Å². The van der Waals surface area contributed by atoms with E-state index < -0.39 is 23.6 Å². The third-order valence-electron chi connectivity index (χ3n) is 2.37. The molecule has 100 valence electrons. The highest BCUT2D eigenvalue weighted by molar-refractivity contribution is 5.57. The molecular weight excluding hydrogens is 249 g/mol. The van der Waals surface area contributed by atoms with Gasteiger partial charge in [0.25, 0.3) is 5.69 Å². The van der Waals surface area contributed by atoms with E-state index in [1.165, 1.54) is 25.1 Å². The van der Waals surface area contributed by atoms with Crippen LogP contribution in [0.15, 0.2) is 18.2 Å². The van der Waals surface area contributed by atoms with E-state index in [1.807, 2.05) is 0 Å². The summed E-state index contributed by atoms with van der Waals surface area (Å²) in [4.78, 5) is 9.99. The van der Waals surface area contributed by atoms with Gasteiger partial charge in [-0.15, -0.1) is 0 Å². The number of anilines is 1. The van der Waals surface area contributed by atoms with Gasteiger partial charge in [-0.2, -0.15) is 13.2 Å². The Balaban J connectivity index is 2.83. The normalized spacial score (nSPS) is 13.2. The van der Waals surface area contributed by atoms with Gasteiger partial charge < -0.3 is 5.32 Å². The molecule has 0 aromatic heterocycles. The summed E-state index contributed by atoms with van der Waals surface area (Å²) in [6.07, 6.45) is -5.25. The first kappa shape index (κ1) is 14.3. The van der Waals surface area contributed by atoms with Crippen LogP contribution in [0.25, 0.3) is 0 Å². The molecule has 1 N–H and O–H groups in total. The molecule has 4 nitrogen and oxygen atoms in total. The minimum Gasteiger partial charge on any atom is -0.382 e. The second kappa shape index (κ2) is 5.24. The first-order valence-electron chi connectivity index (χ1n) is 5.27. The standard InChI is InChI=1S/C11H13F3N2O2/c1-7-3-4-9(16(17)18)5-10(7)15-8(2)6-11(12,13)14/h3-5,8,15H,6H2,1-2H3. The fourth-order valence-corrected chi connectivity index (χ4v) is 1.54. The average molecular weight is 262 g/mol. The van der Waals surface area contributed by atoms with Gasteiger partial charge in [0.15, 0.2) is 0 Å². The van der Waals surface area contributed by atoms with Crippen molar-refractivity contribution in [1.29, 1.82) is 0 Å². The number of nitro benzene ring substituents is 1. The summed E-state index contributed by atoms with van der Waals surface area (Å²) < 4.78 is 36.5. The average Bonchev–Trinajstić information content (AvgIpc) is 2.18. The van der Waals surface area contributed by atoms with Crippen molar-refractivity contribution in [3.8, 4) is 0 Å². The molecule has 1 unspecified atom stereocenters. The molecule has 0 saturated carbocycles. The molecule has 0 amide bonds. The molecule has 0 saturated heterocycles. The largest absolute Gasteiger partial charge is 0.391 e. The van der Waals surface area contributed by atoms with Crippen molar-refractivity contribution in [3.05, 3.63) is 33.9 Å². The van der Waals surface area contributed by atoms with Gasteiger partial charge in [0, 0.05) is 23.9 Å². The molecular formula is C11H13F3N2O2. The smallest absolute Gasteiger partial charge is 0.382 e. The van der Waals surface area contributed by atoms with Crippen molar-refractivity contribution in [3.63, 3.8) is 0 Å². The summed E-state index contributed by atoms with van der Waals surface area (Å²) in [5, 5.41) is 13.2. The number of hydrogen-bond acceptors (Lipinski definition) is 3. The zero-order valence-electron chi connectivity index (χ0n) is 9.91. The first-order valence-corrected chi connectivity index (χ1v) is 5.27. The lowest BCUT2D eigenvalue weighted by Gasteiger charge is -2.18. The molecule has 0 spiro atoms.